The van der Waals surface area contributed by atoms with Crippen LogP contribution >= 0.6 is 11.6 Å². The van der Waals surface area contributed by atoms with Crippen molar-refractivity contribution in [2.24, 2.45) is 0 Å². The van der Waals surface area contributed by atoms with Gasteiger partial charge in [-0.2, -0.15) is 5.10 Å². The maximum absolute atomic E-state index is 14.0. The molecule has 8 nitrogen and oxygen atoms in total. The van der Waals surface area contributed by atoms with Crippen molar-refractivity contribution in [2.75, 3.05) is 16.4 Å². The van der Waals surface area contributed by atoms with E-state index in [1.54, 1.807) is 30.5 Å². The minimum Gasteiger partial charge on any atom is -0.384 e. The van der Waals surface area contributed by atoms with Crippen molar-refractivity contribution >= 4 is 45.9 Å². The fraction of sp³-hybridized carbons (Fsp3) is 0.111. The molecule has 1 amide bonds. The predicted molar refractivity (Wildman–Crippen MR) is 144 cm³/mol. The third kappa shape index (κ3) is 5.40. The second-order valence-electron chi connectivity index (χ2n) is 8.75. The first-order chi connectivity index (χ1) is 18.2. The van der Waals surface area contributed by atoms with E-state index in [0.717, 1.165) is 41.3 Å². The summed E-state index contributed by atoms with van der Waals surface area (Å²) in [6.07, 6.45) is 2.78. The fourth-order valence-corrected chi connectivity index (χ4v) is 3.95. The van der Waals surface area contributed by atoms with Crippen LogP contribution in [0.1, 0.15) is 28.4 Å². The number of amides is 1. The van der Waals surface area contributed by atoms with Crippen LogP contribution in [0.2, 0.25) is 5.02 Å². The van der Waals surface area contributed by atoms with Gasteiger partial charge in [0, 0.05) is 47.7 Å². The molecule has 0 bridgehead atoms. The molecule has 2 aromatic carbocycles. The Balaban J connectivity index is 1.35. The molecule has 5 aromatic rings. The number of nitrogens with one attached hydrogen (secondary N) is 3. The normalized spacial score (nSPS) is 11.5. The minimum absolute atomic E-state index is 0.00678. The number of hydrogen-bond donors (Lipinski definition) is 4. The summed E-state index contributed by atoms with van der Waals surface area (Å²) in [5.74, 6) is -3.11. The second kappa shape index (κ2) is 10.1. The van der Waals surface area contributed by atoms with Crippen LogP contribution in [0.25, 0.3) is 22.2 Å². The van der Waals surface area contributed by atoms with Crippen LogP contribution in [0.3, 0.4) is 0 Å². The van der Waals surface area contributed by atoms with Crippen LogP contribution in [-0.4, -0.2) is 26.1 Å². The molecule has 0 aliphatic carbocycles. The number of nitrogens with two attached hydrogens (primary N) is 1. The van der Waals surface area contributed by atoms with E-state index in [1.807, 2.05) is 30.3 Å². The van der Waals surface area contributed by atoms with Crippen molar-refractivity contribution in [3.63, 3.8) is 0 Å². The number of carbonyl (C=O) groups excluding carboxylic acids is 1. The molecule has 5 rings (SSSR count). The highest BCUT2D eigenvalue weighted by molar-refractivity contribution is 6.30. The Kier molecular flexibility index (Phi) is 6.64. The number of alkyl halides is 2. The Labute approximate surface area is 221 Å². The number of fused-ring (bicyclic) bond motifs is 1. The molecule has 0 aliphatic rings. The molecule has 11 heteroatoms. The topological polar surface area (TPSA) is 122 Å². The van der Waals surface area contributed by atoms with Gasteiger partial charge in [0.2, 0.25) is 0 Å². The summed E-state index contributed by atoms with van der Waals surface area (Å²) in [6.45, 7) is 1.07. The molecule has 5 N–H and O–H groups in total. The third-order valence-electron chi connectivity index (χ3n) is 5.93. The van der Waals surface area contributed by atoms with Crippen LogP contribution in [0.5, 0.6) is 0 Å². The van der Waals surface area contributed by atoms with E-state index >= 15 is 0 Å². The van der Waals surface area contributed by atoms with E-state index in [0.29, 0.717) is 28.7 Å². The zero-order valence-electron chi connectivity index (χ0n) is 20.1. The average molecular weight is 534 g/mol. The van der Waals surface area contributed by atoms with Crippen molar-refractivity contribution in [3.05, 3.63) is 94.8 Å². The predicted octanol–water partition coefficient (Wildman–Crippen LogP) is 6.23. The molecule has 38 heavy (non-hydrogen) atoms. The number of rotatable bonds is 7. The lowest BCUT2D eigenvalue weighted by Gasteiger charge is -2.16. The first-order valence-electron chi connectivity index (χ1n) is 11.6. The Morgan fingerprint density at radius 3 is 2.47 bits per heavy atom. The molecule has 3 aromatic heterocycles. The lowest BCUT2D eigenvalue weighted by Crippen LogP contribution is -2.18. The van der Waals surface area contributed by atoms with Gasteiger partial charge in [-0.15, -0.1) is 0 Å². The summed E-state index contributed by atoms with van der Waals surface area (Å²) in [7, 11) is 0. The van der Waals surface area contributed by atoms with Crippen LogP contribution in [0.15, 0.2) is 73.1 Å². The summed E-state index contributed by atoms with van der Waals surface area (Å²) < 4.78 is 28.0. The molecular weight excluding hydrogens is 512 g/mol. The lowest BCUT2D eigenvalue weighted by atomic mass is 10.0. The molecule has 0 saturated carbocycles. The number of pyridine rings is 2. The van der Waals surface area contributed by atoms with Crippen molar-refractivity contribution in [1.82, 2.24) is 20.2 Å². The summed E-state index contributed by atoms with van der Waals surface area (Å²) in [5.41, 5.74) is 9.25. The number of nitrogen functional groups attached to an aromatic ring is 1. The monoisotopic (exact) mass is 533 g/mol. The van der Waals surface area contributed by atoms with E-state index < -0.39 is 11.8 Å². The van der Waals surface area contributed by atoms with Gasteiger partial charge in [-0.05, 0) is 47.5 Å². The quantitative estimate of drug-likeness (QED) is 0.197. The SMILES string of the molecule is CC(F)(F)c1cnc(NCc2ccc(-c3cnc4n[nH]c(N)c4c3)cc2)c(C(=O)Nc2ccc(Cl)cc2)c1. The highest BCUT2D eigenvalue weighted by atomic mass is 35.5. The molecule has 0 unspecified atom stereocenters. The first kappa shape index (κ1) is 25.1. The van der Waals surface area contributed by atoms with Crippen LogP contribution in [-0.2, 0) is 12.5 Å². The first-order valence-corrected chi connectivity index (χ1v) is 11.9. The molecule has 0 atom stereocenters. The zero-order chi connectivity index (χ0) is 26.9. The zero-order valence-corrected chi connectivity index (χ0v) is 20.9. The maximum atomic E-state index is 14.0. The highest BCUT2D eigenvalue weighted by Gasteiger charge is 2.27. The Morgan fingerprint density at radius 2 is 1.76 bits per heavy atom. The van der Waals surface area contributed by atoms with Crippen molar-refractivity contribution in [3.8, 4) is 11.1 Å². The van der Waals surface area contributed by atoms with E-state index in [2.05, 4.69) is 30.8 Å². The van der Waals surface area contributed by atoms with Gasteiger partial charge in [-0.1, -0.05) is 35.9 Å². The van der Waals surface area contributed by atoms with Crippen LogP contribution in [0.4, 0.5) is 26.1 Å². The number of H-pyrrole nitrogens is 1. The number of nitrogens with zero attached hydrogens (tertiary/aromatic N) is 3. The average Bonchev–Trinajstić information content (AvgIpc) is 3.28. The number of carbonyl (C=O) groups is 1. The van der Waals surface area contributed by atoms with Gasteiger partial charge in [0.1, 0.15) is 11.6 Å². The van der Waals surface area contributed by atoms with Gasteiger partial charge in [0.15, 0.2) is 5.65 Å². The molecule has 0 radical (unpaired) electrons. The second-order valence-corrected chi connectivity index (χ2v) is 9.19. The molecule has 0 saturated heterocycles. The number of halogens is 3. The van der Waals surface area contributed by atoms with Crippen molar-refractivity contribution in [2.45, 2.75) is 19.4 Å². The summed E-state index contributed by atoms with van der Waals surface area (Å²) in [6, 6.07) is 17.2. The van der Waals surface area contributed by atoms with Crippen LogP contribution < -0.4 is 16.4 Å². The number of hydrogen-bond acceptors (Lipinski definition) is 6. The van der Waals surface area contributed by atoms with E-state index in [-0.39, 0.29) is 16.9 Å². The van der Waals surface area contributed by atoms with Gasteiger partial charge in [-0.25, -0.2) is 18.7 Å². The maximum Gasteiger partial charge on any atom is 0.272 e. The van der Waals surface area contributed by atoms with Gasteiger partial charge in [-0.3, -0.25) is 9.89 Å². The number of aromatic amines is 1. The van der Waals surface area contributed by atoms with Gasteiger partial charge in [0.25, 0.3) is 11.8 Å². The minimum atomic E-state index is -3.16. The molecule has 3 heterocycles. The highest BCUT2D eigenvalue weighted by Crippen LogP contribution is 2.30. The third-order valence-corrected chi connectivity index (χ3v) is 6.18. The molecule has 0 aliphatic heterocycles. The van der Waals surface area contributed by atoms with E-state index in [9.17, 15) is 13.6 Å². The lowest BCUT2D eigenvalue weighted by molar-refractivity contribution is 0.0171. The standard InChI is InChI=1S/C27H22ClF2N7O/c1-27(29,30)18-11-22(26(38)35-20-8-6-19(28)7-9-20)24(34-14-18)32-12-15-2-4-16(5-3-15)17-10-21-23(31)36-37-25(21)33-13-17/h2-11,13-14H,12H2,1H3,(H,32,34)(H,35,38)(H3,31,33,36,37). The number of benzene rings is 2. The summed E-state index contributed by atoms with van der Waals surface area (Å²) in [5, 5.41) is 13.8. The Bertz CT molecular complexity index is 1610. The summed E-state index contributed by atoms with van der Waals surface area (Å²) >= 11 is 5.90. The molecule has 0 fully saturated rings. The summed E-state index contributed by atoms with van der Waals surface area (Å²) in [4.78, 5) is 21.5. The van der Waals surface area contributed by atoms with Gasteiger partial charge in [0.05, 0.1) is 10.9 Å². The number of anilines is 3. The molecular formula is C27H22ClF2N7O. The van der Waals surface area contributed by atoms with E-state index in [1.165, 1.54) is 0 Å². The Morgan fingerprint density at radius 1 is 1.03 bits per heavy atom. The molecule has 0 spiro atoms. The van der Waals surface area contributed by atoms with Gasteiger partial charge >= 0.3 is 0 Å². The van der Waals surface area contributed by atoms with Crippen molar-refractivity contribution in [1.29, 1.82) is 0 Å². The molecule has 192 valence electrons. The fourth-order valence-electron chi connectivity index (χ4n) is 3.83. The Hall–Kier alpha value is -4.57. The van der Waals surface area contributed by atoms with E-state index in [4.69, 9.17) is 17.3 Å². The van der Waals surface area contributed by atoms with Crippen LogP contribution in [0, 0.1) is 0 Å². The van der Waals surface area contributed by atoms with Crippen molar-refractivity contribution < 1.29 is 13.6 Å². The van der Waals surface area contributed by atoms with Gasteiger partial charge < -0.3 is 16.4 Å². The number of aromatic nitrogens is 4. The largest absolute Gasteiger partial charge is 0.384 e. The smallest absolute Gasteiger partial charge is 0.272 e.